The Hall–Kier alpha value is -4.01. The van der Waals surface area contributed by atoms with E-state index >= 15 is 0 Å². The zero-order valence-electron chi connectivity index (χ0n) is 17.0. The van der Waals surface area contributed by atoms with Gasteiger partial charge in [-0.3, -0.25) is 4.79 Å². The molecule has 3 aromatic rings. The van der Waals surface area contributed by atoms with Crippen molar-refractivity contribution >= 4 is 28.5 Å². The van der Waals surface area contributed by atoms with Crippen molar-refractivity contribution in [1.29, 1.82) is 0 Å². The van der Waals surface area contributed by atoms with E-state index in [1.165, 1.54) is 13.2 Å². The molecule has 0 saturated heterocycles. The van der Waals surface area contributed by atoms with Gasteiger partial charge in [-0.2, -0.15) is 0 Å². The Morgan fingerprint density at radius 3 is 2.61 bits per heavy atom. The standard InChI is InChI=1S/C22H20N2O7/c1-27-14-4-5-16-15(10-14)19(11-17(24-16)22(26)28-2)31-12-21(25)23-13-3-6-18-20(9-13)30-8-7-29-18/h3-6,9-11H,7-8,12H2,1-2H3,(H,23,25). The number of methoxy groups -OCH3 is 2. The van der Waals surface area contributed by atoms with Crippen LogP contribution in [0.1, 0.15) is 10.5 Å². The lowest BCUT2D eigenvalue weighted by atomic mass is 10.1. The summed E-state index contributed by atoms with van der Waals surface area (Å²) in [5.74, 6) is 1.10. The molecule has 1 amide bonds. The van der Waals surface area contributed by atoms with Crippen molar-refractivity contribution in [2.75, 3.05) is 39.4 Å². The number of esters is 1. The first kappa shape index (κ1) is 20.3. The number of benzene rings is 2. The van der Waals surface area contributed by atoms with Crippen LogP contribution in [0.25, 0.3) is 10.9 Å². The molecule has 31 heavy (non-hydrogen) atoms. The fraction of sp³-hybridized carbons (Fsp3) is 0.227. The van der Waals surface area contributed by atoms with Crippen LogP contribution < -0.4 is 24.3 Å². The van der Waals surface area contributed by atoms with Gasteiger partial charge in [-0.25, -0.2) is 9.78 Å². The number of carbonyl (C=O) groups is 2. The number of aromatic nitrogens is 1. The van der Waals surface area contributed by atoms with E-state index in [1.54, 1.807) is 43.5 Å². The molecule has 0 fully saturated rings. The highest BCUT2D eigenvalue weighted by atomic mass is 16.6. The van der Waals surface area contributed by atoms with Crippen LogP contribution in [-0.2, 0) is 9.53 Å². The number of rotatable bonds is 6. The van der Waals surface area contributed by atoms with Gasteiger partial charge in [0.1, 0.15) is 24.7 Å². The van der Waals surface area contributed by atoms with Crippen LogP contribution in [0.15, 0.2) is 42.5 Å². The molecule has 1 aromatic heterocycles. The smallest absolute Gasteiger partial charge is 0.356 e. The molecule has 0 radical (unpaired) electrons. The maximum Gasteiger partial charge on any atom is 0.356 e. The summed E-state index contributed by atoms with van der Waals surface area (Å²) in [5, 5.41) is 3.35. The Kier molecular flexibility index (Phi) is 5.74. The van der Waals surface area contributed by atoms with E-state index in [0.29, 0.717) is 52.8 Å². The van der Waals surface area contributed by atoms with Crippen LogP contribution >= 0.6 is 0 Å². The zero-order chi connectivity index (χ0) is 21.8. The summed E-state index contributed by atoms with van der Waals surface area (Å²) in [4.78, 5) is 28.7. The van der Waals surface area contributed by atoms with E-state index in [9.17, 15) is 9.59 Å². The topological polar surface area (TPSA) is 105 Å². The van der Waals surface area contributed by atoms with Crippen molar-refractivity contribution in [3.63, 3.8) is 0 Å². The molecule has 0 saturated carbocycles. The van der Waals surface area contributed by atoms with Gasteiger partial charge in [-0.1, -0.05) is 0 Å². The van der Waals surface area contributed by atoms with Gasteiger partial charge in [0, 0.05) is 23.2 Å². The Balaban J connectivity index is 1.53. The number of pyridine rings is 1. The molecule has 2 heterocycles. The Labute approximate surface area is 177 Å². The van der Waals surface area contributed by atoms with Crippen LogP contribution in [0.2, 0.25) is 0 Å². The molecule has 160 valence electrons. The van der Waals surface area contributed by atoms with Gasteiger partial charge < -0.3 is 29.0 Å². The van der Waals surface area contributed by atoms with Gasteiger partial charge >= 0.3 is 5.97 Å². The molecule has 0 spiro atoms. The normalized spacial score (nSPS) is 12.2. The lowest BCUT2D eigenvalue weighted by Gasteiger charge is -2.19. The van der Waals surface area contributed by atoms with Crippen LogP contribution in [0.3, 0.4) is 0 Å². The third-order valence-electron chi connectivity index (χ3n) is 4.56. The summed E-state index contributed by atoms with van der Waals surface area (Å²) >= 11 is 0. The highest BCUT2D eigenvalue weighted by Gasteiger charge is 2.16. The van der Waals surface area contributed by atoms with Gasteiger partial charge in [-0.05, 0) is 30.3 Å². The second kappa shape index (κ2) is 8.78. The number of ether oxygens (including phenoxy) is 5. The number of hydrogen-bond acceptors (Lipinski definition) is 8. The van der Waals surface area contributed by atoms with Gasteiger partial charge in [0.15, 0.2) is 23.8 Å². The largest absolute Gasteiger partial charge is 0.497 e. The van der Waals surface area contributed by atoms with Crippen LogP contribution in [-0.4, -0.2) is 50.9 Å². The molecule has 1 N–H and O–H groups in total. The van der Waals surface area contributed by atoms with Gasteiger partial charge in [-0.15, -0.1) is 0 Å². The maximum atomic E-state index is 12.4. The molecule has 0 atom stereocenters. The van der Waals surface area contributed by atoms with Crippen molar-refractivity contribution in [2.45, 2.75) is 0 Å². The summed E-state index contributed by atoms with van der Waals surface area (Å²) in [6.45, 7) is 0.658. The van der Waals surface area contributed by atoms with Crippen LogP contribution in [0.5, 0.6) is 23.0 Å². The molecule has 1 aliphatic heterocycles. The molecule has 0 unspecified atom stereocenters. The van der Waals surface area contributed by atoms with Gasteiger partial charge in [0.05, 0.1) is 19.7 Å². The Morgan fingerprint density at radius 1 is 1.03 bits per heavy atom. The molecule has 2 aromatic carbocycles. The zero-order valence-corrected chi connectivity index (χ0v) is 17.0. The minimum atomic E-state index is -0.608. The lowest BCUT2D eigenvalue weighted by molar-refractivity contribution is -0.118. The highest BCUT2D eigenvalue weighted by Crippen LogP contribution is 2.33. The van der Waals surface area contributed by atoms with E-state index in [2.05, 4.69) is 10.3 Å². The predicted molar refractivity (Wildman–Crippen MR) is 111 cm³/mol. The molecule has 9 nitrogen and oxygen atoms in total. The number of fused-ring (bicyclic) bond motifs is 2. The van der Waals surface area contributed by atoms with Crippen molar-refractivity contribution in [1.82, 2.24) is 4.98 Å². The van der Waals surface area contributed by atoms with Crippen molar-refractivity contribution in [3.8, 4) is 23.0 Å². The second-order valence-electron chi connectivity index (χ2n) is 6.58. The van der Waals surface area contributed by atoms with Crippen molar-refractivity contribution in [3.05, 3.63) is 48.2 Å². The fourth-order valence-electron chi connectivity index (χ4n) is 3.09. The van der Waals surface area contributed by atoms with E-state index in [4.69, 9.17) is 23.7 Å². The number of anilines is 1. The molecule has 9 heteroatoms. The lowest BCUT2D eigenvalue weighted by Crippen LogP contribution is -2.21. The molecule has 0 aliphatic carbocycles. The SMILES string of the molecule is COC(=O)c1cc(OCC(=O)Nc2ccc3c(c2)OCCO3)c2cc(OC)ccc2n1. The predicted octanol–water partition coefficient (Wildman–Crippen LogP) is 2.82. The number of amides is 1. The summed E-state index contributed by atoms with van der Waals surface area (Å²) < 4.78 is 26.7. The molecular formula is C22H20N2O7. The Bertz CT molecular complexity index is 1150. The maximum absolute atomic E-state index is 12.4. The van der Waals surface area contributed by atoms with Crippen LogP contribution in [0.4, 0.5) is 5.69 Å². The van der Waals surface area contributed by atoms with E-state index < -0.39 is 5.97 Å². The first-order chi connectivity index (χ1) is 15.1. The molecule has 4 rings (SSSR count). The summed E-state index contributed by atoms with van der Waals surface area (Å²) in [7, 11) is 2.81. The minimum Gasteiger partial charge on any atom is -0.497 e. The highest BCUT2D eigenvalue weighted by molar-refractivity contribution is 5.95. The van der Waals surface area contributed by atoms with Crippen molar-refractivity contribution < 1.29 is 33.3 Å². The van der Waals surface area contributed by atoms with E-state index in [-0.39, 0.29) is 18.2 Å². The number of carbonyl (C=O) groups excluding carboxylic acids is 2. The fourth-order valence-corrected chi connectivity index (χ4v) is 3.09. The monoisotopic (exact) mass is 424 g/mol. The molecule has 0 bridgehead atoms. The van der Waals surface area contributed by atoms with E-state index in [0.717, 1.165) is 0 Å². The molecule has 1 aliphatic rings. The minimum absolute atomic E-state index is 0.0717. The summed E-state index contributed by atoms with van der Waals surface area (Å²) in [6.07, 6.45) is 0. The summed E-state index contributed by atoms with van der Waals surface area (Å²) in [5.41, 5.74) is 1.13. The van der Waals surface area contributed by atoms with Gasteiger partial charge in [0.25, 0.3) is 5.91 Å². The average molecular weight is 424 g/mol. The average Bonchev–Trinajstić information content (AvgIpc) is 2.81. The Morgan fingerprint density at radius 2 is 1.84 bits per heavy atom. The number of nitrogens with one attached hydrogen (secondary N) is 1. The van der Waals surface area contributed by atoms with Crippen molar-refractivity contribution in [2.24, 2.45) is 0 Å². The molecular weight excluding hydrogens is 404 g/mol. The second-order valence-corrected chi connectivity index (χ2v) is 6.58. The third-order valence-corrected chi connectivity index (χ3v) is 4.56. The number of nitrogens with zero attached hydrogens (tertiary/aromatic N) is 1. The first-order valence-corrected chi connectivity index (χ1v) is 9.47. The van der Waals surface area contributed by atoms with Crippen LogP contribution in [0, 0.1) is 0 Å². The third kappa shape index (κ3) is 4.45. The first-order valence-electron chi connectivity index (χ1n) is 9.47. The quantitative estimate of drug-likeness (QED) is 0.603. The summed E-state index contributed by atoms with van der Waals surface area (Å²) in [6, 6.07) is 11.7. The van der Waals surface area contributed by atoms with E-state index in [1.807, 2.05) is 0 Å². The number of hydrogen-bond donors (Lipinski definition) is 1. The van der Waals surface area contributed by atoms with Gasteiger partial charge in [0.2, 0.25) is 0 Å².